The molecule has 2 aliphatic rings. The van der Waals surface area contributed by atoms with Crippen molar-refractivity contribution in [3.63, 3.8) is 0 Å². The molecule has 1 N–H and O–H groups in total. The van der Waals surface area contributed by atoms with E-state index in [4.69, 9.17) is 0 Å². The smallest absolute Gasteiger partial charge is 0.320 e. The van der Waals surface area contributed by atoms with Crippen LogP contribution in [0.1, 0.15) is 46.0 Å². The molecule has 2 rings (SSSR count). The van der Waals surface area contributed by atoms with Crippen LogP contribution < -0.4 is 5.32 Å². The Labute approximate surface area is 117 Å². The minimum atomic E-state index is 0.292. The average molecular weight is 267 g/mol. The molecule has 0 unspecified atom stereocenters. The van der Waals surface area contributed by atoms with Crippen molar-refractivity contribution in [2.75, 3.05) is 32.7 Å². The van der Waals surface area contributed by atoms with E-state index in [1.807, 2.05) is 0 Å². The Morgan fingerprint density at radius 1 is 1.21 bits per heavy atom. The highest BCUT2D eigenvalue weighted by atomic mass is 16.2. The summed E-state index contributed by atoms with van der Waals surface area (Å²) in [5.74, 6) is 0.780. The second-order valence-electron chi connectivity index (χ2n) is 6.13. The van der Waals surface area contributed by atoms with Crippen molar-refractivity contribution in [3.05, 3.63) is 0 Å². The third-order valence-corrected chi connectivity index (χ3v) is 4.51. The number of nitrogens with one attached hydrogen (secondary N) is 1. The van der Waals surface area contributed by atoms with Gasteiger partial charge >= 0.3 is 6.03 Å². The van der Waals surface area contributed by atoms with Gasteiger partial charge in [-0.25, -0.2) is 4.79 Å². The molecule has 0 atom stereocenters. The van der Waals surface area contributed by atoms with Gasteiger partial charge in [-0.2, -0.15) is 0 Å². The van der Waals surface area contributed by atoms with E-state index in [1.165, 1.54) is 0 Å². The normalized spacial score (nSPS) is 22.5. The maximum absolute atomic E-state index is 12.7. The molecule has 0 bridgehead atoms. The van der Waals surface area contributed by atoms with Crippen LogP contribution in [0.5, 0.6) is 0 Å². The molecule has 0 aromatic heterocycles. The maximum atomic E-state index is 12.7. The lowest BCUT2D eigenvalue weighted by Crippen LogP contribution is -2.53. The van der Waals surface area contributed by atoms with Gasteiger partial charge in [0.1, 0.15) is 0 Å². The molecule has 2 heterocycles. The van der Waals surface area contributed by atoms with Crippen molar-refractivity contribution in [2.24, 2.45) is 5.92 Å². The topological polar surface area (TPSA) is 35.6 Å². The zero-order valence-electron chi connectivity index (χ0n) is 12.5. The molecule has 0 spiro atoms. The summed E-state index contributed by atoms with van der Waals surface area (Å²) in [4.78, 5) is 17.0. The van der Waals surface area contributed by atoms with E-state index >= 15 is 0 Å². The van der Waals surface area contributed by atoms with Gasteiger partial charge in [0.25, 0.3) is 0 Å². The predicted octanol–water partition coefficient (Wildman–Crippen LogP) is 2.30. The van der Waals surface area contributed by atoms with E-state index in [1.54, 1.807) is 0 Å². The SMILES string of the molecule is CCCN(C(=O)N1CCC(C)CC1)C1CCNCC1. The number of hydrogen-bond acceptors (Lipinski definition) is 2. The number of urea groups is 1. The van der Waals surface area contributed by atoms with Crippen LogP contribution in [0.3, 0.4) is 0 Å². The maximum Gasteiger partial charge on any atom is 0.320 e. The van der Waals surface area contributed by atoms with Gasteiger partial charge in [-0.1, -0.05) is 13.8 Å². The average Bonchev–Trinajstić information content (AvgIpc) is 2.46. The first-order valence-electron chi connectivity index (χ1n) is 7.98. The highest BCUT2D eigenvalue weighted by Crippen LogP contribution is 2.20. The number of amides is 2. The fourth-order valence-corrected chi connectivity index (χ4v) is 3.18. The second kappa shape index (κ2) is 7.13. The minimum absolute atomic E-state index is 0.292. The lowest BCUT2D eigenvalue weighted by Gasteiger charge is -2.40. The largest absolute Gasteiger partial charge is 0.325 e. The summed E-state index contributed by atoms with van der Waals surface area (Å²) in [6.07, 6.45) is 5.60. The lowest BCUT2D eigenvalue weighted by atomic mass is 9.99. The third-order valence-electron chi connectivity index (χ3n) is 4.51. The zero-order chi connectivity index (χ0) is 13.7. The molecule has 19 heavy (non-hydrogen) atoms. The predicted molar refractivity (Wildman–Crippen MR) is 78.3 cm³/mol. The standard InChI is InChI=1S/C15H29N3O/c1-3-10-18(14-4-8-16-9-5-14)15(19)17-11-6-13(2)7-12-17/h13-14,16H,3-12H2,1-2H3. The van der Waals surface area contributed by atoms with Crippen LogP contribution >= 0.6 is 0 Å². The van der Waals surface area contributed by atoms with Crippen LogP contribution in [0, 0.1) is 5.92 Å². The number of likely N-dealkylation sites (tertiary alicyclic amines) is 1. The highest BCUT2D eigenvalue weighted by molar-refractivity contribution is 5.75. The fraction of sp³-hybridized carbons (Fsp3) is 0.933. The number of hydrogen-bond donors (Lipinski definition) is 1. The van der Waals surface area contributed by atoms with Crippen LogP contribution in [0.25, 0.3) is 0 Å². The van der Waals surface area contributed by atoms with Gasteiger partial charge in [0.2, 0.25) is 0 Å². The van der Waals surface area contributed by atoms with Gasteiger partial charge < -0.3 is 15.1 Å². The van der Waals surface area contributed by atoms with Crippen molar-refractivity contribution in [1.82, 2.24) is 15.1 Å². The Balaban J connectivity index is 1.95. The summed E-state index contributed by atoms with van der Waals surface area (Å²) in [6, 6.07) is 0.744. The Morgan fingerprint density at radius 2 is 1.84 bits per heavy atom. The first-order valence-corrected chi connectivity index (χ1v) is 7.98. The molecule has 2 aliphatic heterocycles. The molecule has 2 saturated heterocycles. The number of rotatable bonds is 3. The molecule has 4 heteroatoms. The summed E-state index contributed by atoms with van der Waals surface area (Å²) in [6.45, 7) is 9.37. The Kier molecular flexibility index (Phi) is 5.49. The van der Waals surface area contributed by atoms with Gasteiger partial charge in [-0.05, 0) is 51.1 Å². The van der Waals surface area contributed by atoms with E-state index in [0.29, 0.717) is 12.1 Å². The molecular weight excluding hydrogens is 238 g/mol. The second-order valence-corrected chi connectivity index (χ2v) is 6.13. The molecule has 4 nitrogen and oxygen atoms in total. The highest BCUT2D eigenvalue weighted by Gasteiger charge is 2.29. The monoisotopic (exact) mass is 267 g/mol. The molecule has 2 fully saturated rings. The van der Waals surface area contributed by atoms with E-state index in [2.05, 4.69) is 29.0 Å². The van der Waals surface area contributed by atoms with Crippen LogP contribution in [-0.2, 0) is 0 Å². The first kappa shape index (κ1) is 14.6. The van der Waals surface area contributed by atoms with E-state index in [-0.39, 0.29) is 0 Å². The molecule has 2 amide bonds. The van der Waals surface area contributed by atoms with Gasteiger partial charge in [0, 0.05) is 25.7 Å². The van der Waals surface area contributed by atoms with Gasteiger partial charge in [0.05, 0.1) is 0 Å². The molecule has 0 aliphatic carbocycles. The molecule has 0 aromatic carbocycles. The fourth-order valence-electron chi connectivity index (χ4n) is 3.18. The van der Waals surface area contributed by atoms with Crippen molar-refractivity contribution in [1.29, 1.82) is 0 Å². The van der Waals surface area contributed by atoms with Crippen molar-refractivity contribution < 1.29 is 4.79 Å². The summed E-state index contributed by atoms with van der Waals surface area (Å²) in [5.41, 5.74) is 0. The molecule has 110 valence electrons. The van der Waals surface area contributed by atoms with Crippen molar-refractivity contribution in [2.45, 2.75) is 52.0 Å². The molecule has 0 radical (unpaired) electrons. The summed E-state index contributed by atoms with van der Waals surface area (Å²) in [7, 11) is 0. The van der Waals surface area contributed by atoms with E-state index < -0.39 is 0 Å². The van der Waals surface area contributed by atoms with Gasteiger partial charge in [0.15, 0.2) is 0 Å². The summed E-state index contributed by atoms with van der Waals surface area (Å²) >= 11 is 0. The Morgan fingerprint density at radius 3 is 2.42 bits per heavy atom. The van der Waals surface area contributed by atoms with Gasteiger partial charge in [-0.3, -0.25) is 0 Å². The number of piperidine rings is 2. The van der Waals surface area contributed by atoms with Gasteiger partial charge in [-0.15, -0.1) is 0 Å². The van der Waals surface area contributed by atoms with E-state index in [9.17, 15) is 4.79 Å². The Hall–Kier alpha value is -0.770. The van der Waals surface area contributed by atoms with Crippen LogP contribution in [0.4, 0.5) is 4.79 Å². The number of carbonyl (C=O) groups excluding carboxylic acids is 1. The molecule has 0 aromatic rings. The molecular formula is C15H29N3O. The number of carbonyl (C=O) groups is 1. The van der Waals surface area contributed by atoms with Crippen molar-refractivity contribution in [3.8, 4) is 0 Å². The lowest BCUT2D eigenvalue weighted by molar-refractivity contribution is 0.108. The Bertz CT molecular complexity index is 281. The number of nitrogens with zero attached hydrogens (tertiary/aromatic N) is 2. The minimum Gasteiger partial charge on any atom is -0.325 e. The van der Waals surface area contributed by atoms with Crippen molar-refractivity contribution >= 4 is 6.03 Å². The van der Waals surface area contributed by atoms with Crippen LogP contribution in [0.15, 0.2) is 0 Å². The van der Waals surface area contributed by atoms with E-state index in [0.717, 1.165) is 70.7 Å². The quantitative estimate of drug-likeness (QED) is 0.851. The summed E-state index contributed by atoms with van der Waals surface area (Å²) in [5, 5.41) is 3.38. The molecule has 0 saturated carbocycles. The third kappa shape index (κ3) is 3.85. The summed E-state index contributed by atoms with van der Waals surface area (Å²) < 4.78 is 0. The van der Waals surface area contributed by atoms with Crippen LogP contribution in [-0.4, -0.2) is 54.6 Å². The van der Waals surface area contributed by atoms with Crippen LogP contribution in [0.2, 0.25) is 0 Å². The first-order chi connectivity index (χ1) is 9.22. The zero-order valence-corrected chi connectivity index (χ0v) is 12.5.